The van der Waals surface area contributed by atoms with Gasteiger partial charge in [0.05, 0.1) is 0 Å². The van der Waals surface area contributed by atoms with Crippen LogP contribution in [-0.4, -0.2) is 28.9 Å². The van der Waals surface area contributed by atoms with Gasteiger partial charge < -0.3 is 10.0 Å². The van der Waals surface area contributed by atoms with Crippen LogP contribution in [-0.2, 0) is 29.1 Å². The molecule has 0 aromatic rings. The molecule has 0 saturated heterocycles. The number of hydrogen-bond donors (Lipinski definition) is 1. The minimum Gasteiger partial charge on any atom is -0.492 e. The molecule has 91 valence electrons. The van der Waals surface area contributed by atoms with Crippen molar-refractivity contribution in [2.75, 3.05) is 7.05 Å². The van der Waals surface area contributed by atoms with Gasteiger partial charge >= 0.3 is 0 Å². The fourth-order valence-electron chi connectivity index (χ4n) is 0.998. The van der Waals surface area contributed by atoms with Crippen LogP contribution in [0.15, 0.2) is 0 Å². The van der Waals surface area contributed by atoms with E-state index in [9.17, 15) is 9.59 Å². The first-order valence-electron chi connectivity index (χ1n) is 4.59. The van der Waals surface area contributed by atoms with E-state index in [0.717, 1.165) is 0 Å². The molecule has 0 aliphatic heterocycles. The van der Waals surface area contributed by atoms with Gasteiger partial charge in [-0.2, -0.15) is 6.92 Å². The van der Waals surface area contributed by atoms with Gasteiger partial charge in [-0.05, 0) is 12.5 Å². The van der Waals surface area contributed by atoms with Gasteiger partial charge in [-0.25, -0.2) is 6.04 Å². The number of carbonyl (C=O) groups is 2. The number of rotatable bonds is 4. The Bertz CT molecular complexity index is 241. The van der Waals surface area contributed by atoms with Crippen molar-refractivity contribution in [3.8, 4) is 0 Å². The smallest absolute Gasteiger partial charge is 0.280 e. The second-order valence-corrected chi connectivity index (χ2v) is 3.82. The van der Waals surface area contributed by atoms with Crippen LogP contribution in [0.2, 0.25) is 0 Å². The molecule has 0 rings (SSSR count). The van der Waals surface area contributed by atoms with Crippen LogP contribution in [0.3, 0.4) is 0 Å². The molecule has 0 fully saturated rings. The summed E-state index contributed by atoms with van der Waals surface area (Å²) in [5.41, 5.74) is -1.00. The summed E-state index contributed by atoms with van der Waals surface area (Å²) in [7, 11) is 1.60. The van der Waals surface area contributed by atoms with E-state index in [0.29, 0.717) is 12.5 Å². The number of amides is 1. The Labute approximate surface area is 104 Å². The van der Waals surface area contributed by atoms with Gasteiger partial charge in [-0.1, -0.05) is 20.8 Å². The summed E-state index contributed by atoms with van der Waals surface area (Å²) in [4.78, 5) is 23.7. The third-order valence-electron chi connectivity index (χ3n) is 2.62. The zero-order chi connectivity index (χ0) is 11.5. The molecule has 1 amide bonds. The van der Waals surface area contributed by atoms with Crippen molar-refractivity contribution >= 4 is 11.9 Å². The van der Waals surface area contributed by atoms with Crippen molar-refractivity contribution in [3.63, 3.8) is 0 Å². The van der Waals surface area contributed by atoms with Crippen LogP contribution in [0, 0.1) is 11.5 Å². The molecule has 1 N–H and O–H groups in total. The number of aliphatic carboxylic acids is 1. The van der Waals surface area contributed by atoms with Gasteiger partial charge in [0.2, 0.25) is 0 Å². The quantitative estimate of drug-likeness (QED) is 0.633. The van der Waals surface area contributed by atoms with Crippen LogP contribution in [0.4, 0.5) is 0 Å². The molecular weight excluding hydrogens is 285 g/mol. The molecule has 0 heterocycles. The Balaban J connectivity index is 0. The average Bonchev–Trinajstić information content (AvgIpc) is 2.13. The van der Waals surface area contributed by atoms with Gasteiger partial charge in [0.15, 0.2) is 5.91 Å². The van der Waals surface area contributed by atoms with Crippen molar-refractivity contribution in [2.45, 2.75) is 34.1 Å². The van der Waals surface area contributed by atoms with E-state index in [2.05, 4.69) is 0 Å². The Morgan fingerprint density at radius 2 is 1.80 bits per heavy atom. The van der Waals surface area contributed by atoms with Crippen molar-refractivity contribution in [3.05, 3.63) is 6.04 Å². The largest absolute Gasteiger partial charge is 0.492 e. The predicted octanol–water partition coefficient (Wildman–Crippen LogP) is 1.51. The summed E-state index contributed by atoms with van der Waals surface area (Å²) in [6.45, 7) is 6.59. The predicted molar refractivity (Wildman–Crippen MR) is 53.4 cm³/mol. The summed E-state index contributed by atoms with van der Waals surface area (Å²) in [5.74, 6) is -0.998. The maximum atomic E-state index is 11.3. The summed E-state index contributed by atoms with van der Waals surface area (Å²) in [6.07, 6.45) is 0.379. The van der Waals surface area contributed by atoms with E-state index < -0.39 is 11.4 Å². The van der Waals surface area contributed by atoms with Crippen molar-refractivity contribution < 1.29 is 34.2 Å². The molecule has 0 bridgehead atoms. The van der Waals surface area contributed by atoms with Crippen molar-refractivity contribution in [2.24, 2.45) is 5.41 Å². The van der Waals surface area contributed by atoms with Crippen LogP contribution in [0.5, 0.6) is 0 Å². The average molecular weight is 303 g/mol. The maximum absolute atomic E-state index is 11.3. The number of carbonyl (C=O) groups excluding carboxylic acids is 1. The second kappa shape index (κ2) is 6.21. The molecule has 0 aliphatic rings. The molecule has 0 unspecified atom stereocenters. The van der Waals surface area contributed by atoms with Crippen molar-refractivity contribution in [1.29, 1.82) is 0 Å². The van der Waals surface area contributed by atoms with Gasteiger partial charge in [0.25, 0.3) is 5.97 Å². The Hall–Kier alpha value is -0.437. The Morgan fingerprint density at radius 1 is 1.40 bits per heavy atom. The summed E-state index contributed by atoms with van der Waals surface area (Å²) in [6, 6.07) is 0.553. The minimum atomic E-state index is -1.00. The molecule has 4 nitrogen and oxygen atoms in total. The van der Waals surface area contributed by atoms with E-state index in [1.165, 1.54) is 4.90 Å². The number of hydrogen-bond acceptors (Lipinski definition) is 2. The fraction of sp³-hybridized carbons (Fsp3) is 0.700. The summed E-state index contributed by atoms with van der Waals surface area (Å²) < 4.78 is 0. The molecule has 0 spiro atoms. The summed E-state index contributed by atoms with van der Waals surface area (Å²) >= 11 is 0. The van der Waals surface area contributed by atoms with Crippen LogP contribution < -0.4 is 0 Å². The minimum absolute atomic E-state index is 0. The van der Waals surface area contributed by atoms with Gasteiger partial charge in [-0.15, -0.1) is 0 Å². The Kier molecular flexibility index (Phi) is 7.03. The first kappa shape index (κ1) is 17.0. The molecule has 0 saturated carbocycles. The molecule has 0 aromatic heterocycles. The second-order valence-electron chi connectivity index (χ2n) is 3.82. The molecule has 0 aliphatic carbocycles. The SMILES string of the molecule is CCC(=O)N(C)[C-](C)C(C)(C)C(=O)O.[Rh]. The normalized spacial score (nSPS) is 10.8. The maximum Gasteiger partial charge on any atom is 0.280 e. The van der Waals surface area contributed by atoms with Gasteiger partial charge in [0.1, 0.15) is 0 Å². The van der Waals surface area contributed by atoms with E-state index >= 15 is 0 Å². The Morgan fingerprint density at radius 3 is 2.07 bits per heavy atom. The van der Waals surface area contributed by atoms with Crippen LogP contribution in [0.25, 0.3) is 0 Å². The zero-order valence-corrected chi connectivity index (χ0v) is 11.4. The first-order chi connectivity index (χ1) is 6.25. The fourth-order valence-corrected chi connectivity index (χ4v) is 0.998. The summed E-state index contributed by atoms with van der Waals surface area (Å²) in [5, 5.41) is 8.96. The number of carboxylic acids is 1. The molecule has 5 heteroatoms. The standard InChI is InChI=1S/C10H18NO3.Rh/c1-6-8(12)11(5)7(2)10(3,4)9(13)14;/h6H2,1-5H3,(H,13,14);/q-1;. The monoisotopic (exact) mass is 303 g/mol. The van der Waals surface area contributed by atoms with E-state index in [4.69, 9.17) is 5.11 Å². The molecule has 0 atom stereocenters. The first-order valence-corrected chi connectivity index (χ1v) is 4.59. The van der Waals surface area contributed by atoms with E-state index in [-0.39, 0.29) is 25.4 Å². The third kappa shape index (κ3) is 3.90. The van der Waals surface area contributed by atoms with Gasteiger partial charge in [0, 0.05) is 25.9 Å². The molecular formula is C10H18NO3Rh-. The number of carboxylic acid groups (broad SMARTS) is 1. The topological polar surface area (TPSA) is 57.6 Å². The van der Waals surface area contributed by atoms with E-state index in [1.807, 2.05) is 0 Å². The van der Waals surface area contributed by atoms with Crippen molar-refractivity contribution in [1.82, 2.24) is 4.90 Å². The van der Waals surface area contributed by atoms with Gasteiger partial charge in [-0.3, -0.25) is 9.59 Å². The zero-order valence-electron chi connectivity index (χ0n) is 9.75. The number of nitrogens with zero attached hydrogens (tertiary/aromatic N) is 1. The third-order valence-corrected chi connectivity index (χ3v) is 2.62. The van der Waals surface area contributed by atoms with Crippen LogP contribution >= 0.6 is 0 Å². The van der Waals surface area contributed by atoms with E-state index in [1.54, 1.807) is 34.7 Å². The van der Waals surface area contributed by atoms with Crippen LogP contribution in [0.1, 0.15) is 34.1 Å². The molecule has 0 aromatic carbocycles. The molecule has 15 heavy (non-hydrogen) atoms. The molecule has 1 radical (unpaired) electrons.